The average Bonchev–Trinajstić information content (AvgIpc) is 2.38. The van der Waals surface area contributed by atoms with Crippen LogP contribution >= 0.6 is 0 Å². The van der Waals surface area contributed by atoms with E-state index in [-0.39, 0.29) is 24.0 Å². The summed E-state index contributed by atoms with van der Waals surface area (Å²) in [5.74, 6) is 0.0903. The van der Waals surface area contributed by atoms with E-state index in [0.717, 1.165) is 0 Å². The van der Waals surface area contributed by atoms with Gasteiger partial charge in [-0.3, -0.25) is 0 Å². The Kier molecular flexibility index (Phi) is 6.55. The minimum absolute atomic E-state index is 0.0650. The van der Waals surface area contributed by atoms with Gasteiger partial charge in [0.05, 0.1) is 0 Å². The lowest BCUT2D eigenvalue weighted by Crippen LogP contribution is -2.36. The van der Waals surface area contributed by atoms with Gasteiger partial charge in [0.2, 0.25) is 0 Å². The number of hydrogen-bond acceptors (Lipinski definition) is 4. The molecule has 1 aromatic heterocycles. The highest BCUT2D eigenvalue weighted by Crippen LogP contribution is 2.22. The fraction of sp³-hybridized carbons (Fsp3) is 0.688. The monoisotopic (exact) mass is 297 g/mol. The summed E-state index contributed by atoms with van der Waals surface area (Å²) in [6.07, 6.45) is 2.25. The molecular weight excluding hydrogens is 269 g/mol. The molecule has 1 heterocycles. The summed E-state index contributed by atoms with van der Waals surface area (Å²) in [6, 6.07) is 1.84. The minimum atomic E-state index is -0.277. The maximum atomic E-state index is 14.7. The Labute approximate surface area is 127 Å². The van der Waals surface area contributed by atoms with E-state index in [1.165, 1.54) is 0 Å². The molecule has 0 aliphatic carbocycles. The number of rotatable bonds is 7. The Bertz CT molecular complexity index is 444. The second-order valence-electron chi connectivity index (χ2n) is 6.58. The van der Waals surface area contributed by atoms with Crippen molar-refractivity contribution in [1.29, 1.82) is 0 Å². The molecule has 1 aromatic rings. The molecule has 1 rings (SSSR count). The fourth-order valence-electron chi connectivity index (χ4n) is 2.02. The summed E-state index contributed by atoms with van der Waals surface area (Å²) in [4.78, 5) is 6.09. The molecule has 0 atom stereocenters. The molecule has 0 bridgehead atoms. The van der Waals surface area contributed by atoms with Gasteiger partial charge in [0.1, 0.15) is 0 Å². The van der Waals surface area contributed by atoms with Crippen LogP contribution in [0, 0.1) is 5.82 Å². The predicted molar refractivity (Wildman–Crippen MR) is 85.0 cm³/mol. The number of nitrogens with zero attached hydrogens (tertiary/aromatic N) is 2. The molecule has 0 spiro atoms. The highest BCUT2D eigenvalue weighted by atomic mass is 19.1. The zero-order valence-corrected chi connectivity index (χ0v) is 13.8. The fourth-order valence-corrected chi connectivity index (χ4v) is 2.02. The first kappa shape index (κ1) is 17.9. The molecule has 120 valence electrons. The summed E-state index contributed by atoms with van der Waals surface area (Å²) in [5.41, 5.74) is 0.550. The number of anilines is 1. The third-order valence-corrected chi connectivity index (χ3v) is 3.21. The summed E-state index contributed by atoms with van der Waals surface area (Å²) >= 11 is 0. The predicted octanol–water partition coefficient (Wildman–Crippen LogP) is 2.71. The van der Waals surface area contributed by atoms with E-state index >= 15 is 0 Å². The van der Waals surface area contributed by atoms with Crippen LogP contribution in [0.1, 0.15) is 46.6 Å². The van der Waals surface area contributed by atoms with Gasteiger partial charge in [-0.15, -0.1) is 0 Å². The minimum Gasteiger partial charge on any atom is -0.396 e. The van der Waals surface area contributed by atoms with Crippen molar-refractivity contribution in [3.8, 4) is 0 Å². The third-order valence-electron chi connectivity index (χ3n) is 3.21. The molecule has 0 fully saturated rings. The first-order valence-electron chi connectivity index (χ1n) is 7.52. The number of aliphatic hydroxyl groups is 1. The van der Waals surface area contributed by atoms with Crippen LogP contribution in [0.2, 0.25) is 0 Å². The topological polar surface area (TPSA) is 48.4 Å². The molecule has 0 aliphatic rings. The molecule has 0 unspecified atom stereocenters. The lowest BCUT2D eigenvalue weighted by Gasteiger charge is -2.29. The summed E-state index contributed by atoms with van der Waals surface area (Å²) in [5, 5.41) is 12.3. The number of aromatic nitrogens is 1. The van der Waals surface area contributed by atoms with E-state index in [1.54, 1.807) is 12.3 Å². The van der Waals surface area contributed by atoms with Crippen molar-refractivity contribution >= 4 is 5.82 Å². The molecule has 0 radical (unpaired) electrons. The van der Waals surface area contributed by atoms with Crippen LogP contribution in [-0.4, -0.2) is 34.8 Å². The molecule has 0 amide bonds. The van der Waals surface area contributed by atoms with Crippen LogP contribution in [0.3, 0.4) is 0 Å². The number of halogens is 1. The van der Waals surface area contributed by atoms with Crippen molar-refractivity contribution in [1.82, 2.24) is 10.3 Å². The summed E-state index contributed by atoms with van der Waals surface area (Å²) in [6.45, 7) is 11.3. The standard InChI is InChI=1S/C16H28FN3O/c1-12(2)20(9-6-10-21)15-14(17)13(7-8-18-15)11-19-16(3,4)5/h7-8,12,19,21H,6,9-11H2,1-5H3. The number of pyridine rings is 1. The van der Waals surface area contributed by atoms with E-state index in [2.05, 4.69) is 31.1 Å². The van der Waals surface area contributed by atoms with Crippen LogP contribution < -0.4 is 10.2 Å². The first-order chi connectivity index (χ1) is 9.76. The zero-order chi connectivity index (χ0) is 16.0. The molecule has 2 N–H and O–H groups in total. The molecule has 4 nitrogen and oxygen atoms in total. The number of nitrogens with one attached hydrogen (secondary N) is 1. The van der Waals surface area contributed by atoms with Crippen molar-refractivity contribution in [3.05, 3.63) is 23.6 Å². The van der Waals surface area contributed by atoms with Crippen LogP contribution in [0.4, 0.5) is 10.2 Å². The maximum Gasteiger partial charge on any atom is 0.170 e. The molecular formula is C16H28FN3O. The Morgan fingerprint density at radius 3 is 2.57 bits per heavy atom. The number of aliphatic hydroxyl groups excluding tert-OH is 1. The summed E-state index contributed by atoms with van der Waals surface area (Å²) < 4.78 is 14.7. The van der Waals surface area contributed by atoms with Crippen molar-refractivity contribution in [2.75, 3.05) is 18.1 Å². The highest BCUT2D eigenvalue weighted by Gasteiger charge is 2.19. The molecule has 0 aliphatic heterocycles. The van der Waals surface area contributed by atoms with Crippen LogP contribution in [0.25, 0.3) is 0 Å². The Hall–Kier alpha value is -1.20. The Morgan fingerprint density at radius 1 is 1.38 bits per heavy atom. The second-order valence-corrected chi connectivity index (χ2v) is 6.58. The average molecular weight is 297 g/mol. The van der Waals surface area contributed by atoms with E-state index in [1.807, 2.05) is 18.7 Å². The second kappa shape index (κ2) is 7.71. The molecule has 0 saturated heterocycles. The van der Waals surface area contributed by atoms with Crippen molar-refractivity contribution in [2.24, 2.45) is 0 Å². The van der Waals surface area contributed by atoms with E-state index in [9.17, 15) is 4.39 Å². The molecule has 0 saturated carbocycles. The first-order valence-corrected chi connectivity index (χ1v) is 7.52. The lowest BCUT2D eigenvalue weighted by atomic mass is 10.1. The highest BCUT2D eigenvalue weighted by molar-refractivity contribution is 5.44. The largest absolute Gasteiger partial charge is 0.396 e. The number of hydrogen-bond donors (Lipinski definition) is 2. The van der Waals surface area contributed by atoms with Crippen LogP contribution in [0.5, 0.6) is 0 Å². The SMILES string of the molecule is CC(C)N(CCCO)c1nccc(CNC(C)(C)C)c1F. The van der Waals surface area contributed by atoms with Gasteiger partial charge >= 0.3 is 0 Å². The zero-order valence-electron chi connectivity index (χ0n) is 13.8. The molecule has 0 aromatic carbocycles. The van der Waals surface area contributed by atoms with Crippen LogP contribution in [-0.2, 0) is 6.54 Å². The van der Waals surface area contributed by atoms with Gasteiger partial charge in [0, 0.05) is 43.0 Å². The van der Waals surface area contributed by atoms with Gasteiger partial charge in [-0.25, -0.2) is 9.37 Å². The van der Waals surface area contributed by atoms with Crippen LogP contribution in [0.15, 0.2) is 12.3 Å². The Morgan fingerprint density at radius 2 is 2.05 bits per heavy atom. The van der Waals surface area contributed by atoms with Crippen molar-refractivity contribution in [3.63, 3.8) is 0 Å². The quantitative estimate of drug-likeness (QED) is 0.812. The van der Waals surface area contributed by atoms with Gasteiger partial charge in [-0.2, -0.15) is 0 Å². The third kappa shape index (κ3) is 5.59. The normalized spacial score (nSPS) is 12.0. The van der Waals surface area contributed by atoms with Gasteiger partial charge in [-0.1, -0.05) is 0 Å². The van der Waals surface area contributed by atoms with E-state index in [0.29, 0.717) is 30.9 Å². The lowest BCUT2D eigenvalue weighted by molar-refractivity contribution is 0.288. The molecule has 21 heavy (non-hydrogen) atoms. The maximum absolute atomic E-state index is 14.7. The van der Waals surface area contributed by atoms with Crippen molar-refractivity contribution < 1.29 is 9.50 Å². The van der Waals surface area contributed by atoms with Crippen molar-refractivity contribution in [2.45, 2.75) is 59.2 Å². The van der Waals surface area contributed by atoms with Gasteiger partial charge < -0.3 is 15.3 Å². The Balaban J connectivity index is 2.96. The van der Waals surface area contributed by atoms with Gasteiger partial charge in [-0.05, 0) is 47.1 Å². The van der Waals surface area contributed by atoms with E-state index in [4.69, 9.17) is 5.11 Å². The van der Waals surface area contributed by atoms with E-state index < -0.39 is 0 Å². The van der Waals surface area contributed by atoms with Gasteiger partial charge in [0.25, 0.3) is 0 Å². The molecule has 5 heteroatoms. The summed E-state index contributed by atoms with van der Waals surface area (Å²) in [7, 11) is 0. The van der Waals surface area contributed by atoms with Gasteiger partial charge in [0.15, 0.2) is 11.6 Å². The smallest absolute Gasteiger partial charge is 0.170 e.